The summed E-state index contributed by atoms with van der Waals surface area (Å²) in [6.07, 6.45) is 1.65. The first kappa shape index (κ1) is 13.0. The molecule has 1 aromatic carbocycles. The first-order valence-corrected chi connectivity index (χ1v) is 6.80. The smallest absolute Gasteiger partial charge is 0.274 e. The molecule has 5 nitrogen and oxygen atoms in total. The quantitative estimate of drug-likeness (QED) is 0.794. The van der Waals surface area contributed by atoms with Gasteiger partial charge >= 0.3 is 0 Å². The molecule has 1 aromatic heterocycles. The maximum Gasteiger partial charge on any atom is 0.274 e. The molecule has 2 heterocycles. The average molecular weight is 271 g/mol. The molecule has 0 unspecified atom stereocenters. The maximum atomic E-state index is 12.5. The minimum atomic E-state index is -0.0785. The molecule has 3 rings (SSSR count). The van der Waals surface area contributed by atoms with Crippen LogP contribution in [0.2, 0.25) is 0 Å². The highest BCUT2D eigenvalue weighted by Gasteiger charge is 2.27. The van der Waals surface area contributed by atoms with Crippen LogP contribution in [0.1, 0.15) is 24.3 Å². The van der Waals surface area contributed by atoms with Gasteiger partial charge in [0.2, 0.25) is 0 Å². The molecule has 2 aromatic rings. The van der Waals surface area contributed by atoms with Crippen LogP contribution in [0, 0.1) is 0 Å². The monoisotopic (exact) mass is 271 g/mol. The zero-order valence-corrected chi connectivity index (χ0v) is 11.6. The van der Waals surface area contributed by atoms with Crippen LogP contribution < -0.4 is 0 Å². The van der Waals surface area contributed by atoms with E-state index >= 15 is 0 Å². The van der Waals surface area contributed by atoms with Crippen molar-refractivity contribution in [1.29, 1.82) is 0 Å². The second-order valence-corrected chi connectivity index (χ2v) is 5.21. The van der Waals surface area contributed by atoms with Crippen molar-refractivity contribution in [3.05, 3.63) is 36.2 Å². The van der Waals surface area contributed by atoms with Crippen molar-refractivity contribution >= 4 is 16.9 Å². The van der Waals surface area contributed by atoms with Crippen molar-refractivity contribution in [2.24, 2.45) is 0 Å². The van der Waals surface area contributed by atoms with Crippen LogP contribution >= 0.6 is 0 Å². The fourth-order valence-electron chi connectivity index (χ4n) is 2.57. The summed E-state index contributed by atoms with van der Waals surface area (Å²) >= 11 is 0. The minimum Gasteiger partial charge on any atom is -0.372 e. The first-order chi connectivity index (χ1) is 9.63. The lowest BCUT2D eigenvalue weighted by molar-refractivity contribution is -0.0587. The highest BCUT2D eigenvalue weighted by atomic mass is 16.5. The molecule has 20 heavy (non-hydrogen) atoms. The third-order valence-electron chi connectivity index (χ3n) is 3.37. The number of ether oxygens (including phenoxy) is 1. The van der Waals surface area contributed by atoms with Gasteiger partial charge in [-0.25, -0.2) is 4.98 Å². The van der Waals surface area contributed by atoms with E-state index in [1.165, 1.54) is 0 Å². The summed E-state index contributed by atoms with van der Waals surface area (Å²) in [6, 6.07) is 7.55. The number of aromatic nitrogens is 2. The van der Waals surface area contributed by atoms with Crippen molar-refractivity contribution in [1.82, 2.24) is 14.9 Å². The molecule has 5 heteroatoms. The van der Waals surface area contributed by atoms with Gasteiger partial charge in [-0.3, -0.25) is 9.78 Å². The molecule has 0 N–H and O–H groups in total. The molecule has 0 spiro atoms. The summed E-state index contributed by atoms with van der Waals surface area (Å²) in [5.74, 6) is -0.0785. The highest BCUT2D eigenvalue weighted by Crippen LogP contribution is 2.15. The number of hydrogen-bond acceptors (Lipinski definition) is 4. The number of benzene rings is 1. The number of fused-ring (bicyclic) bond motifs is 1. The molecule has 1 saturated heterocycles. The first-order valence-electron chi connectivity index (χ1n) is 6.80. The Labute approximate surface area is 117 Å². The lowest BCUT2D eigenvalue weighted by Crippen LogP contribution is -2.48. The molecule has 104 valence electrons. The third kappa shape index (κ3) is 2.49. The Morgan fingerprint density at radius 3 is 2.55 bits per heavy atom. The normalized spacial score (nSPS) is 23.0. The summed E-state index contributed by atoms with van der Waals surface area (Å²) < 4.78 is 5.64. The van der Waals surface area contributed by atoms with Gasteiger partial charge < -0.3 is 9.64 Å². The lowest BCUT2D eigenvalue weighted by atomic mass is 10.2. The van der Waals surface area contributed by atoms with E-state index in [-0.39, 0.29) is 18.1 Å². The van der Waals surface area contributed by atoms with Gasteiger partial charge in [-0.15, -0.1) is 0 Å². The predicted molar refractivity (Wildman–Crippen MR) is 75.5 cm³/mol. The van der Waals surface area contributed by atoms with E-state index < -0.39 is 0 Å². The van der Waals surface area contributed by atoms with Crippen molar-refractivity contribution < 1.29 is 9.53 Å². The van der Waals surface area contributed by atoms with Gasteiger partial charge in [-0.05, 0) is 26.0 Å². The van der Waals surface area contributed by atoms with E-state index in [4.69, 9.17) is 4.74 Å². The van der Waals surface area contributed by atoms with Gasteiger partial charge in [0, 0.05) is 13.1 Å². The number of para-hydroxylation sites is 2. The number of rotatable bonds is 1. The van der Waals surface area contributed by atoms with Crippen LogP contribution in [0.15, 0.2) is 30.5 Å². The fourth-order valence-corrected chi connectivity index (χ4v) is 2.57. The number of hydrogen-bond donors (Lipinski definition) is 0. The van der Waals surface area contributed by atoms with Gasteiger partial charge in [0.25, 0.3) is 5.91 Å². The summed E-state index contributed by atoms with van der Waals surface area (Å²) in [5.41, 5.74) is 1.94. The Balaban J connectivity index is 1.88. The molecule has 1 aliphatic heterocycles. The van der Waals surface area contributed by atoms with Gasteiger partial charge in [0.05, 0.1) is 29.4 Å². The van der Waals surface area contributed by atoms with Gasteiger partial charge in [0.1, 0.15) is 5.69 Å². The second-order valence-electron chi connectivity index (χ2n) is 5.21. The number of amides is 1. The molecule has 0 aliphatic carbocycles. The van der Waals surface area contributed by atoms with Crippen molar-refractivity contribution in [3.63, 3.8) is 0 Å². The van der Waals surface area contributed by atoms with Crippen LogP contribution in [0.5, 0.6) is 0 Å². The molecule has 1 aliphatic rings. The maximum absolute atomic E-state index is 12.5. The molecular weight excluding hydrogens is 254 g/mol. The molecule has 2 atom stereocenters. The molecular formula is C15H17N3O2. The van der Waals surface area contributed by atoms with Crippen molar-refractivity contribution in [2.45, 2.75) is 26.1 Å². The molecule has 0 radical (unpaired) electrons. The van der Waals surface area contributed by atoms with Gasteiger partial charge in [-0.1, -0.05) is 12.1 Å². The number of nitrogens with zero attached hydrogens (tertiary/aromatic N) is 3. The Bertz CT molecular complexity index is 634. The van der Waals surface area contributed by atoms with Crippen molar-refractivity contribution in [2.75, 3.05) is 13.1 Å². The topological polar surface area (TPSA) is 55.3 Å². The van der Waals surface area contributed by atoms with Crippen LogP contribution in [0.3, 0.4) is 0 Å². The van der Waals surface area contributed by atoms with E-state index in [9.17, 15) is 4.79 Å². The average Bonchev–Trinajstić information content (AvgIpc) is 2.45. The largest absolute Gasteiger partial charge is 0.372 e. The zero-order valence-electron chi connectivity index (χ0n) is 11.6. The van der Waals surface area contributed by atoms with Crippen LogP contribution in [-0.2, 0) is 4.74 Å². The Kier molecular flexibility index (Phi) is 3.36. The van der Waals surface area contributed by atoms with Crippen LogP contribution in [0.4, 0.5) is 0 Å². The SMILES string of the molecule is C[C@@H]1CN(C(=O)c2cnc3ccccc3n2)C[C@H](C)O1. The third-order valence-corrected chi connectivity index (χ3v) is 3.37. The summed E-state index contributed by atoms with van der Waals surface area (Å²) in [4.78, 5) is 23.0. The summed E-state index contributed by atoms with van der Waals surface area (Å²) in [5, 5.41) is 0. The van der Waals surface area contributed by atoms with Crippen LogP contribution in [-0.4, -0.2) is 46.1 Å². The standard InChI is InChI=1S/C15H17N3O2/c1-10-8-18(9-11(2)20-10)15(19)14-7-16-12-5-3-4-6-13(12)17-14/h3-7,10-11H,8-9H2,1-2H3/t10-,11+. The lowest BCUT2D eigenvalue weighted by Gasteiger charge is -2.35. The van der Waals surface area contributed by atoms with E-state index in [0.717, 1.165) is 11.0 Å². The van der Waals surface area contributed by atoms with Crippen molar-refractivity contribution in [3.8, 4) is 0 Å². The van der Waals surface area contributed by atoms with E-state index in [1.807, 2.05) is 38.1 Å². The predicted octanol–water partition coefficient (Wildman–Crippen LogP) is 1.88. The zero-order chi connectivity index (χ0) is 14.1. The van der Waals surface area contributed by atoms with E-state index in [0.29, 0.717) is 18.8 Å². The highest BCUT2D eigenvalue weighted by molar-refractivity contribution is 5.93. The number of carbonyl (C=O) groups is 1. The fraction of sp³-hybridized carbons (Fsp3) is 0.400. The molecule has 1 amide bonds. The van der Waals surface area contributed by atoms with Gasteiger partial charge in [0.15, 0.2) is 0 Å². The Morgan fingerprint density at radius 2 is 1.85 bits per heavy atom. The van der Waals surface area contributed by atoms with Gasteiger partial charge in [-0.2, -0.15) is 0 Å². The number of carbonyl (C=O) groups excluding carboxylic acids is 1. The van der Waals surface area contributed by atoms with Crippen LogP contribution in [0.25, 0.3) is 11.0 Å². The Hall–Kier alpha value is -2.01. The summed E-state index contributed by atoms with van der Waals surface area (Å²) in [7, 11) is 0. The molecule has 0 saturated carbocycles. The van der Waals surface area contributed by atoms with E-state index in [2.05, 4.69) is 9.97 Å². The molecule has 0 bridgehead atoms. The number of morpholine rings is 1. The summed E-state index contributed by atoms with van der Waals surface area (Å²) in [6.45, 7) is 5.14. The second kappa shape index (κ2) is 5.17. The van der Waals surface area contributed by atoms with E-state index in [1.54, 1.807) is 11.1 Å². The Morgan fingerprint density at radius 1 is 1.20 bits per heavy atom. The minimum absolute atomic E-state index is 0.0520. The molecule has 1 fully saturated rings.